The summed E-state index contributed by atoms with van der Waals surface area (Å²) in [6.45, 7) is 4.84. The average molecular weight is 288 g/mol. The number of hydrogen-bond donors (Lipinski definition) is 2. The fourth-order valence-electron chi connectivity index (χ4n) is 3.41. The SMILES string of the molecule is CCC(C)C(C(=O)NC1(CN)CCCC1)c1ccccc1. The molecule has 1 aliphatic carbocycles. The van der Waals surface area contributed by atoms with Crippen LogP contribution in [0.1, 0.15) is 57.4 Å². The molecular weight excluding hydrogens is 260 g/mol. The average Bonchev–Trinajstić information content (AvgIpc) is 2.97. The lowest BCUT2D eigenvalue weighted by molar-refractivity contribution is -0.125. The van der Waals surface area contributed by atoms with Crippen LogP contribution >= 0.6 is 0 Å². The second-order valence-electron chi connectivity index (χ2n) is 6.45. The minimum absolute atomic E-state index is 0.0831. The van der Waals surface area contributed by atoms with Crippen molar-refractivity contribution in [2.45, 2.75) is 57.4 Å². The van der Waals surface area contributed by atoms with Gasteiger partial charge in [-0.3, -0.25) is 4.79 Å². The van der Waals surface area contributed by atoms with Gasteiger partial charge in [-0.1, -0.05) is 63.4 Å². The Morgan fingerprint density at radius 1 is 1.29 bits per heavy atom. The highest BCUT2D eigenvalue weighted by Crippen LogP contribution is 2.32. The molecule has 1 saturated carbocycles. The molecule has 116 valence electrons. The molecule has 1 aliphatic rings. The number of carbonyl (C=O) groups excluding carboxylic acids is 1. The largest absolute Gasteiger partial charge is 0.349 e. The van der Waals surface area contributed by atoms with Crippen molar-refractivity contribution in [3.05, 3.63) is 35.9 Å². The van der Waals surface area contributed by atoms with Crippen molar-refractivity contribution in [3.63, 3.8) is 0 Å². The van der Waals surface area contributed by atoms with Gasteiger partial charge >= 0.3 is 0 Å². The second-order valence-corrected chi connectivity index (χ2v) is 6.45. The van der Waals surface area contributed by atoms with Crippen molar-refractivity contribution >= 4 is 5.91 Å². The topological polar surface area (TPSA) is 55.1 Å². The molecule has 0 spiro atoms. The molecule has 1 fully saturated rings. The maximum Gasteiger partial charge on any atom is 0.228 e. The maximum absolute atomic E-state index is 12.9. The van der Waals surface area contributed by atoms with Gasteiger partial charge < -0.3 is 11.1 Å². The Bertz CT molecular complexity index is 452. The van der Waals surface area contributed by atoms with E-state index in [1.165, 1.54) is 0 Å². The van der Waals surface area contributed by atoms with E-state index < -0.39 is 0 Å². The minimum atomic E-state index is -0.169. The van der Waals surface area contributed by atoms with Crippen LogP contribution in [-0.2, 0) is 4.79 Å². The van der Waals surface area contributed by atoms with Gasteiger partial charge in [0.05, 0.1) is 11.5 Å². The zero-order chi connectivity index (χ0) is 15.3. The number of nitrogens with two attached hydrogens (primary N) is 1. The second kappa shape index (κ2) is 7.08. The van der Waals surface area contributed by atoms with Crippen LogP contribution in [0, 0.1) is 5.92 Å². The number of carbonyl (C=O) groups is 1. The smallest absolute Gasteiger partial charge is 0.228 e. The molecule has 1 aromatic carbocycles. The molecule has 1 aromatic rings. The number of benzene rings is 1. The van der Waals surface area contributed by atoms with Crippen LogP contribution in [0.5, 0.6) is 0 Å². The van der Waals surface area contributed by atoms with E-state index in [4.69, 9.17) is 5.73 Å². The Hall–Kier alpha value is -1.35. The first-order valence-corrected chi connectivity index (χ1v) is 8.19. The molecule has 0 saturated heterocycles. The van der Waals surface area contributed by atoms with Crippen molar-refractivity contribution in [3.8, 4) is 0 Å². The maximum atomic E-state index is 12.9. The van der Waals surface area contributed by atoms with Gasteiger partial charge in [-0.05, 0) is 24.3 Å². The standard InChI is InChI=1S/C18H28N2O/c1-3-14(2)16(15-9-5-4-6-10-15)17(21)20-18(13-19)11-7-8-12-18/h4-6,9-10,14,16H,3,7-8,11-13,19H2,1-2H3,(H,20,21). The zero-order valence-electron chi connectivity index (χ0n) is 13.3. The lowest BCUT2D eigenvalue weighted by atomic mass is 9.83. The monoisotopic (exact) mass is 288 g/mol. The summed E-state index contributed by atoms with van der Waals surface area (Å²) in [5, 5.41) is 3.29. The molecule has 3 nitrogen and oxygen atoms in total. The van der Waals surface area contributed by atoms with Gasteiger partial charge in [-0.2, -0.15) is 0 Å². The highest BCUT2D eigenvalue weighted by atomic mass is 16.2. The van der Waals surface area contributed by atoms with Crippen molar-refractivity contribution in [2.75, 3.05) is 6.54 Å². The van der Waals surface area contributed by atoms with Crippen molar-refractivity contribution < 1.29 is 4.79 Å². The van der Waals surface area contributed by atoms with E-state index in [0.29, 0.717) is 12.5 Å². The van der Waals surface area contributed by atoms with Gasteiger partial charge in [0, 0.05) is 6.54 Å². The normalized spacial score (nSPS) is 20.0. The molecule has 0 bridgehead atoms. The molecule has 21 heavy (non-hydrogen) atoms. The molecule has 3 heteroatoms. The molecule has 0 heterocycles. The molecule has 0 aliphatic heterocycles. The van der Waals surface area contributed by atoms with E-state index in [1.807, 2.05) is 18.2 Å². The lowest BCUT2D eigenvalue weighted by Crippen LogP contribution is -2.53. The first kappa shape index (κ1) is 16.0. The number of amides is 1. The number of nitrogens with one attached hydrogen (secondary N) is 1. The van der Waals surface area contributed by atoms with Crippen LogP contribution in [-0.4, -0.2) is 18.0 Å². The molecule has 0 radical (unpaired) electrons. The van der Waals surface area contributed by atoms with Gasteiger partial charge in [0.25, 0.3) is 0 Å². The zero-order valence-corrected chi connectivity index (χ0v) is 13.3. The first-order chi connectivity index (χ1) is 10.1. The van der Waals surface area contributed by atoms with E-state index in [0.717, 1.165) is 37.7 Å². The van der Waals surface area contributed by atoms with E-state index in [-0.39, 0.29) is 17.4 Å². The predicted molar refractivity (Wildman–Crippen MR) is 87.0 cm³/mol. The molecule has 2 unspecified atom stereocenters. The van der Waals surface area contributed by atoms with Gasteiger partial charge in [0.2, 0.25) is 5.91 Å². The molecule has 2 rings (SSSR count). The summed E-state index contributed by atoms with van der Waals surface area (Å²) in [5.74, 6) is 0.381. The Morgan fingerprint density at radius 2 is 1.90 bits per heavy atom. The quantitative estimate of drug-likeness (QED) is 0.844. The number of rotatable bonds is 6. The van der Waals surface area contributed by atoms with Gasteiger partial charge in [0.1, 0.15) is 0 Å². The molecular formula is C18H28N2O. The van der Waals surface area contributed by atoms with E-state index in [2.05, 4.69) is 31.3 Å². The summed E-state index contributed by atoms with van der Waals surface area (Å²) in [6.07, 6.45) is 5.34. The summed E-state index contributed by atoms with van der Waals surface area (Å²) >= 11 is 0. The van der Waals surface area contributed by atoms with Crippen LogP contribution in [0.4, 0.5) is 0 Å². The fourth-order valence-corrected chi connectivity index (χ4v) is 3.41. The third kappa shape index (κ3) is 3.65. The highest BCUT2D eigenvalue weighted by Gasteiger charge is 2.37. The van der Waals surface area contributed by atoms with Crippen LogP contribution in [0.3, 0.4) is 0 Å². The summed E-state index contributed by atoms with van der Waals surface area (Å²) in [6, 6.07) is 10.1. The van der Waals surface area contributed by atoms with Crippen LogP contribution in [0.2, 0.25) is 0 Å². The third-order valence-corrected chi connectivity index (χ3v) is 4.99. The van der Waals surface area contributed by atoms with Gasteiger partial charge in [0.15, 0.2) is 0 Å². The Balaban J connectivity index is 2.19. The third-order valence-electron chi connectivity index (χ3n) is 4.99. The molecule has 1 amide bonds. The van der Waals surface area contributed by atoms with E-state index in [1.54, 1.807) is 0 Å². The van der Waals surface area contributed by atoms with Crippen LogP contribution in [0.15, 0.2) is 30.3 Å². The summed E-state index contributed by atoms with van der Waals surface area (Å²) < 4.78 is 0. The van der Waals surface area contributed by atoms with Crippen molar-refractivity contribution in [2.24, 2.45) is 11.7 Å². The molecule has 3 N–H and O–H groups in total. The Kier molecular flexibility index (Phi) is 5.40. The van der Waals surface area contributed by atoms with Crippen molar-refractivity contribution in [1.29, 1.82) is 0 Å². The first-order valence-electron chi connectivity index (χ1n) is 8.19. The van der Waals surface area contributed by atoms with Gasteiger partial charge in [-0.15, -0.1) is 0 Å². The Morgan fingerprint density at radius 3 is 2.43 bits per heavy atom. The van der Waals surface area contributed by atoms with Crippen molar-refractivity contribution in [1.82, 2.24) is 5.32 Å². The minimum Gasteiger partial charge on any atom is -0.349 e. The molecule has 2 atom stereocenters. The van der Waals surface area contributed by atoms with Crippen LogP contribution < -0.4 is 11.1 Å². The summed E-state index contributed by atoms with van der Waals surface area (Å²) in [5.41, 5.74) is 6.89. The Labute approximate surface area is 128 Å². The van der Waals surface area contributed by atoms with Gasteiger partial charge in [-0.25, -0.2) is 0 Å². The van der Waals surface area contributed by atoms with E-state index in [9.17, 15) is 4.79 Å². The summed E-state index contributed by atoms with van der Waals surface area (Å²) in [7, 11) is 0. The predicted octanol–water partition coefficient (Wildman–Crippen LogP) is 3.20. The summed E-state index contributed by atoms with van der Waals surface area (Å²) in [4.78, 5) is 12.9. The fraction of sp³-hybridized carbons (Fsp3) is 0.611. The lowest BCUT2D eigenvalue weighted by Gasteiger charge is -2.32. The van der Waals surface area contributed by atoms with Crippen LogP contribution in [0.25, 0.3) is 0 Å². The van der Waals surface area contributed by atoms with E-state index >= 15 is 0 Å². The molecule has 0 aromatic heterocycles. The highest BCUT2D eigenvalue weighted by molar-refractivity contribution is 5.84. The number of hydrogen-bond acceptors (Lipinski definition) is 2.